The zero-order chi connectivity index (χ0) is 15.6. The molecular formula is C16H17BrN6. The van der Waals surface area contributed by atoms with Crippen molar-refractivity contribution in [3.8, 4) is 0 Å². The summed E-state index contributed by atoms with van der Waals surface area (Å²) in [6.45, 7) is 4.13. The highest BCUT2D eigenvalue weighted by Crippen LogP contribution is 2.23. The second-order valence-corrected chi connectivity index (χ2v) is 6.43. The number of H-pyrrole nitrogens is 1. The first kappa shape index (κ1) is 14.5. The smallest absolute Gasteiger partial charge is 0.206 e. The molecule has 118 valence electrons. The summed E-state index contributed by atoms with van der Waals surface area (Å²) in [5, 5.41) is 6.57. The number of pyridine rings is 1. The van der Waals surface area contributed by atoms with Crippen molar-refractivity contribution in [1.29, 1.82) is 0 Å². The Labute approximate surface area is 142 Å². The van der Waals surface area contributed by atoms with Gasteiger partial charge in [-0.05, 0) is 46.3 Å². The lowest BCUT2D eigenvalue weighted by Crippen LogP contribution is -2.43. The van der Waals surface area contributed by atoms with Crippen molar-refractivity contribution in [2.24, 2.45) is 0 Å². The van der Waals surface area contributed by atoms with E-state index in [1.807, 2.05) is 12.1 Å². The topological polar surface area (TPSA) is 68.9 Å². The molecule has 7 heteroatoms. The molecule has 4 rings (SSSR count). The SMILES string of the molecule is Brc1ccc(Nc2nc3ccc(N4CCNCC4)cc3[nH]2)nc1. The number of imidazole rings is 1. The lowest BCUT2D eigenvalue weighted by molar-refractivity contribution is 0.589. The number of nitrogens with zero attached hydrogens (tertiary/aromatic N) is 3. The lowest BCUT2D eigenvalue weighted by atomic mass is 10.2. The van der Waals surface area contributed by atoms with Crippen molar-refractivity contribution in [3.05, 3.63) is 41.0 Å². The van der Waals surface area contributed by atoms with Crippen LogP contribution >= 0.6 is 15.9 Å². The van der Waals surface area contributed by atoms with Crippen LogP contribution < -0.4 is 15.5 Å². The van der Waals surface area contributed by atoms with Crippen LogP contribution in [-0.2, 0) is 0 Å². The number of aromatic nitrogens is 3. The van der Waals surface area contributed by atoms with Gasteiger partial charge < -0.3 is 20.5 Å². The Morgan fingerprint density at radius 3 is 2.78 bits per heavy atom. The number of halogens is 1. The standard InChI is InChI=1S/C16H17BrN6/c17-11-1-4-15(19-10-11)22-16-20-13-3-2-12(9-14(13)21-16)23-7-5-18-6-8-23/h1-4,9-10,18H,5-8H2,(H2,19,20,21,22). The molecule has 1 fully saturated rings. The number of piperazine rings is 1. The first-order valence-corrected chi connectivity index (χ1v) is 8.41. The fourth-order valence-corrected chi connectivity index (χ4v) is 2.98. The van der Waals surface area contributed by atoms with Crippen LogP contribution in [-0.4, -0.2) is 41.1 Å². The van der Waals surface area contributed by atoms with Crippen molar-refractivity contribution < 1.29 is 0 Å². The molecule has 3 aromatic rings. The Kier molecular flexibility index (Phi) is 3.88. The molecule has 1 aromatic carbocycles. The minimum atomic E-state index is 0.701. The van der Waals surface area contributed by atoms with E-state index >= 15 is 0 Å². The first-order valence-electron chi connectivity index (χ1n) is 7.62. The molecule has 3 N–H and O–H groups in total. The van der Waals surface area contributed by atoms with Crippen LogP contribution in [0.3, 0.4) is 0 Å². The molecule has 0 atom stereocenters. The summed E-state index contributed by atoms with van der Waals surface area (Å²) in [6.07, 6.45) is 1.76. The molecule has 2 aromatic heterocycles. The Balaban J connectivity index is 1.58. The monoisotopic (exact) mass is 372 g/mol. The largest absolute Gasteiger partial charge is 0.369 e. The summed E-state index contributed by atoms with van der Waals surface area (Å²) < 4.78 is 0.952. The van der Waals surface area contributed by atoms with Gasteiger partial charge in [-0.3, -0.25) is 0 Å². The van der Waals surface area contributed by atoms with Crippen molar-refractivity contribution in [2.75, 3.05) is 36.4 Å². The summed E-state index contributed by atoms with van der Waals surface area (Å²) >= 11 is 3.38. The minimum Gasteiger partial charge on any atom is -0.369 e. The van der Waals surface area contributed by atoms with E-state index in [0.29, 0.717) is 5.95 Å². The van der Waals surface area contributed by atoms with E-state index in [1.54, 1.807) is 6.20 Å². The number of nitrogens with one attached hydrogen (secondary N) is 3. The molecule has 0 saturated carbocycles. The van der Waals surface area contributed by atoms with Gasteiger partial charge in [-0.1, -0.05) is 0 Å². The van der Waals surface area contributed by atoms with Gasteiger partial charge in [-0.25, -0.2) is 9.97 Å². The zero-order valence-electron chi connectivity index (χ0n) is 12.5. The van der Waals surface area contributed by atoms with Crippen molar-refractivity contribution in [2.45, 2.75) is 0 Å². The molecule has 3 heterocycles. The maximum absolute atomic E-state index is 4.57. The summed E-state index contributed by atoms with van der Waals surface area (Å²) in [4.78, 5) is 14.6. The number of hydrogen-bond acceptors (Lipinski definition) is 5. The maximum Gasteiger partial charge on any atom is 0.206 e. The van der Waals surface area contributed by atoms with E-state index < -0.39 is 0 Å². The van der Waals surface area contributed by atoms with E-state index in [-0.39, 0.29) is 0 Å². The molecule has 0 radical (unpaired) electrons. The minimum absolute atomic E-state index is 0.701. The highest BCUT2D eigenvalue weighted by atomic mass is 79.9. The molecule has 0 amide bonds. The fraction of sp³-hybridized carbons (Fsp3) is 0.250. The number of fused-ring (bicyclic) bond motifs is 1. The predicted octanol–water partition coefficient (Wildman–Crippen LogP) is 2.87. The summed E-state index contributed by atoms with van der Waals surface area (Å²) in [7, 11) is 0. The van der Waals surface area contributed by atoms with Crippen molar-refractivity contribution in [3.63, 3.8) is 0 Å². The average Bonchev–Trinajstić information content (AvgIpc) is 2.99. The van der Waals surface area contributed by atoms with Crippen LogP contribution in [0.1, 0.15) is 0 Å². The maximum atomic E-state index is 4.57. The van der Waals surface area contributed by atoms with Gasteiger partial charge in [0.1, 0.15) is 5.82 Å². The summed E-state index contributed by atoms with van der Waals surface area (Å²) in [5.41, 5.74) is 3.21. The van der Waals surface area contributed by atoms with E-state index in [2.05, 4.69) is 64.6 Å². The predicted molar refractivity (Wildman–Crippen MR) is 96.4 cm³/mol. The van der Waals surface area contributed by atoms with E-state index in [4.69, 9.17) is 0 Å². The Hall–Kier alpha value is -2.12. The third-order valence-corrected chi connectivity index (χ3v) is 4.39. The molecule has 23 heavy (non-hydrogen) atoms. The normalized spacial score (nSPS) is 15.1. The molecular weight excluding hydrogens is 356 g/mol. The molecule has 1 aliphatic heterocycles. The molecule has 0 unspecified atom stereocenters. The van der Waals surface area contributed by atoms with Crippen LogP contribution in [0.15, 0.2) is 41.0 Å². The highest BCUT2D eigenvalue weighted by molar-refractivity contribution is 9.10. The summed E-state index contributed by atoms with van der Waals surface area (Å²) in [5.74, 6) is 1.46. The third-order valence-electron chi connectivity index (χ3n) is 3.92. The van der Waals surface area contributed by atoms with E-state index in [1.165, 1.54) is 5.69 Å². The van der Waals surface area contributed by atoms with Gasteiger partial charge >= 0.3 is 0 Å². The van der Waals surface area contributed by atoms with Gasteiger partial charge in [-0.15, -0.1) is 0 Å². The molecule has 1 saturated heterocycles. The molecule has 0 spiro atoms. The number of rotatable bonds is 3. The molecule has 6 nitrogen and oxygen atoms in total. The Morgan fingerprint density at radius 2 is 2.00 bits per heavy atom. The summed E-state index contributed by atoms with van der Waals surface area (Å²) in [6, 6.07) is 10.2. The quantitative estimate of drug-likeness (QED) is 0.659. The van der Waals surface area contributed by atoms with Crippen molar-refractivity contribution >= 4 is 44.4 Å². The van der Waals surface area contributed by atoms with Gasteiger partial charge in [0, 0.05) is 42.5 Å². The highest BCUT2D eigenvalue weighted by Gasteiger charge is 2.12. The molecule has 0 bridgehead atoms. The second kappa shape index (κ2) is 6.17. The fourth-order valence-electron chi connectivity index (χ4n) is 2.75. The van der Waals surface area contributed by atoms with Gasteiger partial charge in [0.25, 0.3) is 0 Å². The Morgan fingerprint density at radius 1 is 1.13 bits per heavy atom. The first-order chi connectivity index (χ1) is 11.3. The average molecular weight is 373 g/mol. The van der Waals surface area contributed by atoms with Gasteiger partial charge in [0.05, 0.1) is 11.0 Å². The van der Waals surface area contributed by atoms with E-state index in [0.717, 1.165) is 47.5 Å². The molecule has 0 aliphatic carbocycles. The van der Waals surface area contributed by atoms with Crippen LogP contribution in [0.5, 0.6) is 0 Å². The van der Waals surface area contributed by atoms with Gasteiger partial charge in [0.2, 0.25) is 5.95 Å². The van der Waals surface area contributed by atoms with Crippen LogP contribution in [0.4, 0.5) is 17.5 Å². The van der Waals surface area contributed by atoms with Crippen LogP contribution in [0.25, 0.3) is 11.0 Å². The number of anilines is 3. The second-order valence-electron chi connectivity index (χ2n) is 5.51. The third kappa shape index (κ3) is 3.16. The molecule has 1 aliphatic rings. The van der Waals surface area contributed by atoms with Crippen LogP contribution in [0.2, 0.25) is 0 Å². The van der Waals surface area contributed by atoms with Gasteiger partial charge in [-0.2, -0.15) is 0 Å². The Bertz CT molecular complexity index is 807. The lowest BCUT2D eigenvalue weighted by Gasteiger charge is -2.29. The number of benzene rings is 1. The number of hydrogen-bond donors (Lipinski definition) is 3. The van der Waals surface area contributed by atoms with Crippen LogP contribution in [0, 0.1) is 0 Å². The van der Waals surface area contributed by atoms with Gasteiger partial charge in [0.15, 0.2) is 0 Å². The van der Waals surface area contributed by atoms with Crippen molar-refractivity contribution in [1.82, 2.24) is 20.3 Å². The number of aromatic amines is 1. The van der Waals surface area contributed by atoms with E-state index in [9.17, 15) is 0 Å². The zero-order valence-corrected chi connectivity index (χ0v) is 14.1.